The molecule has 4 rings (SSSR count). The molecule has 2 aromatic carbocycles. The molecule has 0 aliphatic rings. The van der Waals surface area contributed by atoms with Gasteiger partial charge in [0.25, 0.3) is 5.91 Å². The molecule has 0 fully saturated rings. The number of hydrogen-bond donors (Lipinski definition) is 1. The zero-order valence-electron chi connectivity index (χ0n) is 14.1. The lowest BCUT2D eigenvalue weighted by molar-refractivity contribution is 0.0996. The number of carbonyl (C=O) groups is 1. The van der Waals surface area contributed by atoms with Crippen LogP contribution in [-0.4, -0.2) is 10.9 Å². The van der Waals surface area contributed by atoms with Gasteiger partial charge >= 0.3 is 0 Å². The molecule has 0 spiro atoms. The summed E-state index contributed by atoms with van der Waals surface area (Å²) < 4.78 is 5.09. The quantitative estimate of drug-likeness (QED) is 0.513. The third-order valence-electron chi connectivity index (χ3n) is 4.06. The van der Waals surface area contributed by atoms with E-state index < -0.39 is 0 Å². The summed E-state index contributed by atoms with van der Waals surface area (Å²) in [6.07, 6.45) is 1.48. The van der Waals surface area contributed by atoms with E-state index in [1.54, 1.807) is 23.5 Å². The van der Waals surface area contributed by atoms with Crippen molar-refractivity contribution in [2.24, 2.45) is 0 Å². The van der Waals surface area contributed by atoms with Crippen LogP contribution in [0.2, 0.25) is 0 Å². The Balaban J connectivity index is 1.53. The number of carbonyl (C=O) groups excluding carboxylic acids is 1. The molecule has 1 N–H and O–H groups in total. The molecule has 0 saturated carbocycles. The fourth-order valence-corrected chi connectivity index (χ4v) is 3.59. The Kier molecular flexibility index (Phi) is 4.37. The first kappa shape index (κ1) is 16.3. The summed E-state index contributed by atoms with van der Waals surface area (Å²) in [6, 6.07) is 19.2. The number of benzene rings is 2. The lowest BCUT2D eigenvalue weighted by Crippen LogP contribution is -2.10. The smallest absolute Gasteiger partial charge is 0.291 e. The number of thiazole rings is 1. The van der Waals surface area contributed by atoms with E-state index in [1.807, 2.05) is 36.4 Å². The van der Waals surface area contributed by atoms with E-state index in [4.69, 9.17) is 9.40 Å². The number of aryl methyl sites for hydroxylation is 1. The Morgan fingerprint density at radius 3 is 2.58 bits per heavy atom. The predicted molar refractivity (Wildman–Crippen MR) is 104 cm³/mol. The molecule has 2 heterocycles. The van der Waals surface area contributed by atoms with Crippen LogP contribution >= 0.6 is 11.3 Å². The van der Waals surface area contributed by atoms with Crippen molar-refractivity contribution in [3.8, 4) is 21.8 Å². The molecule has 0 saturated heterocycles. The predicted octanol–water partition coefficient (Wildman–Crippen LogP) is 5.63. The number of hydrogen-bond acceptors (Lipinski definition) is 4. The highest BCUT2D eigenvalue weighted by Gasteiger charge is 2.10. The minimum absolute atomic E-state index is 0.266. The van der Waals surface area contributed by atoms with Gasteiger partial charge in [-0.05, 0) is 36.8 Å². The maximum absolute atomic E-state index is 12.0. The Labute approximate surface area is 155 Å². The second kappa shape index (κ2) is 6.98. The van der Waals surface area contributed by atoms with Gasteiger partial charge in [-0.3, -0.25) is 4.79 Å². The van der Waals surface area contributed by atoms with Gasteiger partial charge in [0.2, 0.25) is 0 Å². The summed E-state index contributed by atoms with van der Waals surface area (Å²) in [5, 5.41) is 5.87. The van der Waals surface area contributed by atoms with Crippen LogP contribution in [0, 0.1) is 6.92 Å². The monoisotopic (exact) mass is 360 g/mol. The van der Waals surface area contributed by atoms with E-state index in [0.29, 0.717) is 5.69 Å². The maximum Gasteiger partial charge on any atom is 0.291 e. The average Bonchev–Trinajstić information content (AvgIpc) is 3.35. The number of nitrogens with zero attached hydrogens (tertiary/aromatic N) is 1. The van der Waals surface area contributed by atoms with Crippen molar-refractivity contribution in [2.75, 3.05) is 5.32 Å². The van der Waals surface area contributed by atoms with Gasteiger partial charge in [0.1, 0.15) is 5.01 Å². The Morgan fingerprint density at radius 2 is 1.85 bits per heavy atom. The molecular formula is C21H16N2O2S. The third-order valence-corrected chi connectivity index (χ3v) is 4.94. The maximum atomic E-state index is 12.0. The van der Waals surface area contributed by atoms with Crippen LogP contribution in [0.3, 0.4) is 0 Å². The molecule has 0 atom stereocenters. The van der Waals surface area contributed by atoms with Gasteiger partial charge in [-0.1, -0.05) is 36.4 Å². The van der Waals surface area contributed by atoms with E-state index in [0.717, 1.165) is 21.8 Å². The van der Waals surface area contributed by atoms with Crippen LogP contribution in [0.4, 0.5) is 5.69 Å². The lowest BCUT2D eigenvalue weighted by Gasteiger charge is -2.04. The fraction of sp³-hybridized carbons (Fsp3) is 0.0476. The standard InChI is InChI=1S/C21H16N2O2S/c1-14-5-2-3-6-17(14)21-23-18(13-26-21)15-8-10-16(11-9-15)22-20(24)19-7-4-12-25-19/h2-13H,1H3,(H,22,24). The highest BCUT2D eigenvalue weighted by atomic mass is 32.1. The average molecular weight is 360 g/mol. The Hall–Kier alpha value is -3.18. The van der Waals surface area contributed by atoms with Crippen LogP contribution in [0.5, 0.6) is 0 Å². The molecular weight excluding hydrogens is 344 g/mol. The molecule has 2 aromatic heterocycles. The molecule has 0 unspecified atom stereocenters. The zero-order valence-corrected chi connectivity index (χ0v) is 14.9. The molecule has 0 aliphatic heterocycles. The first-order valence-electron chi connectivity index (χ1n) is 8.17. The number of anilines is 1. The summed E-state index contributed by atoms with van der Waals surface area (Å²) in [6.45, 7) is 2.09. The van der Waals surface area contributed by atoms with E-state index in [9.17, 15) is 4.79 Å². The summed E-state index contributed by atoms with van der Waals surface area (Å²) in [4.78, 5) is 16.8. The topological polar surface area (TPSA) is 55.1 Å². The van der Waals surface area contributed by atoms with E-state index >= 15 is 0 Å². The number of amides is 1. The molecule has 4 aromatic rings. The molecule has 0 aliphatic carbocycles. The van der Waals surface area contributed by atoms with Crippen molar-refractivity contribution in [3.63, 3.8) is 0 Å². The van der Waals surface area contributed by atoms with E-state index in [-0.39, 0.29) is 11.7 Å². The van der Waals surface area contributed by atoms with Gasteiger partial charge in [-0.25, -0.2) is 4.98 Å². The van der Waals surface area contributed by atoms with Gasteiger partial charge in [-0.2, -0.15) is 0 Å². The van der Waals surface area contributed by atoms with Crippen molar-refractivity contribution in [1.29, 1.82) is 0 Å². The van der Waals surface area contributed by atoms with Crippen LogP contribution < -0.4 is 5.32 Å². The Bertz CT molecular complexity index is 1030. The molecule has 5 heteroatoms. The second-order valence-corrected chi connectivity index (χ2v) is 6.72. The summed E-state index contributed by atoms with van der Waals surface area (Å²) in [5.74, 6) is 0.0229. The third kappa shape index (κ3) is 3.30. The molecule has 128 valence electrons. The molecule has 1 amide bonds. The van der Waals surface area contributed by atoms with Crippen molar-refractivity contribution in [2.45, 2.75) is 6.92 Å². The van der Waals surface area contributed by atoms with E-state index in [1.165, 1.54) is 11.8 Å². The van der Waals surface area contributed by atoms with Gasteiger partial charge in [-0.15, -0.1) is 11.3 Å². The lowest BCUT2D eigenvalue weighted by atomic mass is 10.1. The summed E-state index contributed by atoms with van der Waals surface area (Å²) in [5.41, 5.74) is 5.02. The first-order chi connectivity index (χ1) is 12.7. The van der Waals surface area contributed by atoms with Crippen LogP contribution in [-0.2, 0) is 0 Å². The van der Waals surface area contributed by atoms with Gasteiger partial charge < -0.3 is 9.73 Å². The summed E-state index contributed by atoms with van der Waals surface area (Å²) >= 11 is 1.63. The molecule has 26 heavy (non-hydrogen) atoms. The number of aromatic nitrogens is 1. The van der Waals surface area contributed by atoms with Gasteiger partial charge in [0.15, 0.2) is 5.76 Å². The van der Waals surface area contributed by atoms with E-state index in [2.05, 4.69) is 29.8 Å². The summed E-state index contributed by atoms with van der Waals surface area (Å²) in [7, 11) is 0. The number of rotatable bonds is 4. The SMILES string of the molecule is Cc1ccccc1-c1nc(-c2ccc(NC(=O)c3ccco3)cc2)cs1. The normalized spacial score (nSPS) is 10.7. The highest BCUT2D eigenvalue weighted by molar-refractivity contribution is 7.13. The zero-order chi connectivity index (χ0) is 17.9. The van der Waals surface area contributed by atoms with Gasteiger partial charge in [0.05, 0.1) is 12.0 Å². The molecule has 4 nitrogen and oxygen atoms in total. The minimum atomic E-state index is -0.266. The number of furan rings is 1. The van der Waals surface area contributed by atoms with Crippen molar-refractivity contribution < 1.29 is 9.21 Å². The largest absolute Gasteiger partial charge is 0.459 e. The Morgan fingerprint density at radius 1 is 1.04 bits per heavy atom. The minimum Gasteiger partial charge on any atom is -0.459 e. The number of nitrogens with one attached hydrogen (secondary N) is 1. The van der Waals surface area contributed by atoms with Crippen molar-refractivity contribution >= 4 is 22.9 Å². The van der Waals surface area contributed by atoms with Crippen molar-refractivity contribution in [1.82, 2.24) is 4.98 Å². The first-order valence-corrected chi connectivity index (χ1v) is 9.05. The molecule has 0 bridgehead atoms. The van der Waals surface area contributed by atoms with Crippen LogP contribution in [0.15, 0.2) is 76.7 Å². The van der Waals surface area contributed by atoms with Gasteiger partial charge in [0, 0.05) is 22.2 Å². The fourth-order valence-electron chi connectivity index (χ4n) is 2.67. The highest BCUT2D eigenvalue weighted by Crippen LogP contribution is 2.31. The van der Waals surface area contributed by atoms with Crippen molar-refractivity contribution in [3.05, 3.63) is 83.6 Å². The molecule has 0 radical (unpaired) electrons. The van der Waals surface area contributed by atoms with Crippen LogP contribution in [0.1, 0.15) is 16.1 Å². The van der Waals surface area contributed by atoms with Crippen LogP contribution in [0.25, 0.3) is 21.8 Å². The second-order valence-electron chi connectivity index (χ2n) is 5.86.